The molecule has 0 saturated heterocycles. The van der Waals surface area contributed by atoms with E-state index in [0.717, 1.165) is 5.75 Å². The number of benzene rings is 1. The van der Waals surface area contributed by atoms with Crippen molar-refractivity contribution in [1.29, 1.82) is 0 Å². The zero-order valence-electron chi connectivity index (χ0n) is 9.29. The van der Waals surface area contributed by atoms with Crippen molar-refractivity contribution in [2.75, 3.05) is 7.11 Å². The Labute approximate surface area is 98.8 Å². The second-order valence-electron chi connectivity index (χ2n) is 3.29. The number of hydrogen-bond donors (Lipinski definition) is 0. The molecular weight excluding hydrogens is 218 g/mol. The second-order valence-corrected chi connectivity index (χ2v) is 3.29. The highest BCUT2D eigenvalue weighted by Gasteiger charge is 2.04. The first kappa shape index (κ1) is 11.1. The molecule has 17 heavy (non-hydrogen) atoms. The fraction of sp³-hybridized carbons (Fsp3) is 0.0769. The average Bonchev–Trinajstić information content (AvgIpc) is 2.40. The van der Waals surface area contributed by atoms with Gasteiger partial charge in [0.25, 0.3) is 0 Å². The number of carbonyl (C=O) groups is 1. The number of rotatable bonds is 4. The Balaban J connectivity index is 2.22. The minimum Gasteiger partial charge on any atom is -0.497 e. The summed E-state index contributed by atoms with van der Waals surface area (Å²) in [6.45, 7) is 0. The van der Waals surface area contributed by atoms with Gasteiger partial charge in [0.05, 0.1) is 12.7 Å². The highest BCUT2D eigenvalue weighted by atomic mass is 16.5. The van der Waals surface area contributed by atoms with E-state index in [1.54, 1.807) is 49.7 Å². The van der Waals surface area contributed by atoms with Gasteiger partial charge < -0.3 is 9.47 Å². The molecule has 1 aromatic carbocycles. The van der Waals surface area contributed by atoms with Crippen LogP contribution in [0.25, 0.3) is 0 Å². The van der Waals surface area contributed by atoms with Crippen LogP contribution in [0.1, 0.15) is 10.4 Å². The van der Waals surface area contributed by atoms with Crippen molar-refractivity contribution >= 4 is 6.29 Å². The van der Waals surface area contributed by atoms with Crippen LogP contribution >= 0.6 is 0 Å². The Hall–Kier alpha value is -2.36. The number of carbonyl (C=O) groups excluding carboxylic acids is 1. The molecule has 0 aliphatic heterocycles. The Kier molecular flexibility index (Phi) is 3.35. The van der Waals surface area contributed by atoms with Gasteiger partial charge in [-0.1, -0.05) is 0 Å². The van der Waals surface area contributed by atoms with Crippen molar-refractivity contribution in [2.24, 2.45) is 0 Å². The molecule has 2 aromatic rings. The molecule has 0 spiro atoms. The molecule has 0 N–H and O–H groups in total. The van der Waals surface area contributed by atoms with Gasteiger partial charge in [0.2, 0.25) is 5.88 Å². The largest absolute Gasteiger partial charge is 0.497 e. The third-order valence-electron chi connectivity index (χ3n) is 2.20. The van der Waals surface area contributed by atoms with E-state index >= 15 is 0 Å². The Bertz CT molecular complexity index is 508. The summed E-state index contributed by atoms with van der Waals surface area (Å²) in [5, 5.41) is 0. The normalized spacial score (nSPS) is 9.71. The van der Waals surface area contributed by atoms with Crippen molar-refractivity contribution in [1.82, 2.24) is 4.98 Å². The summed E-state index contributed by atoms with van der Waals surface area (Å²) in [6.07, 6.45) is 2.29. The number of methoxy groups -OCH3 is 1. The smallest absolute Gasteiger partial charge is 0.229 e. The molecule has 86 valence electrons. The summed E-state index contributed by atoms with van der Waals surface area (Å²) in [5.41, 5.74) is 0.420. The lowest BCUT2D eigenvalue weighted by Crippen LogP contribution is -1.93. The maximum Gasteiger partial charge on any atom is 0.229 e. The highest BCUT2D eigenvalue weighted by Crippen LogP contribution is 2.23. The zero-order chi connectivity index (χ0) is 12.1. The van der Waals surface area contributed by atoms with Gasteiger partial charge in [-0.3, -0.25) is 4.79 Å². The Morgan fingerprint density at radius 3 is 2.47 bits per heavy atom. The quantitative estimate of drug-likeness (QED) is 0.756. The molecule has 0 saturated carbocycles. The number of nitrogens with zero attached hydrogens (tertiary/aromatic N) is 1. The maximum absolute atomic E-state index is 10.8. The van der Waals surface area contributed by atoms with Crippen LogP contribution in [0.2, 0.25) is 0 Å². The molecule has 1 aromatic heterocycles. The van der Waals surface area contributed by atoms with Gasteiger partial charge in [0.15, 0.2) is 6.29 Å². The fourth-order valence-corrected chi connectivity index (χ4v) is 1.33. The first-order valence-electron chi connectivity index (χ1n) is 5.05. The molecule has 2 rings (SSSR count). The van der Waals surface area contributed by atoms with Crippen LogP contribution in [-0.2, 0) is 0 Å². The molecule has 0 amide bonds. The molecule has 0 atom stereocenters. The standard InChI is InChI=1S/C13H11NO3/c1-16-11-4-6-12(7-5-11)17-13-10(9-15)3-2-8-14-13/h2-9H,1H3. The van der Waals surface area contributed by atoms with Crippen molar-refractivity contribution in [3.05, 3.63) is 48.2 Å². The van der Waals surface area contributed by atoms with E-state index in [1.165, 1.54) is 0 Å². The van der Waals surface area contributed by atoms with Crippen LogP contribution < -0.4 is 9.47 Å². The van der Waals surface area contributed by atoms with Crippen LogP contribution in [0.3, 0.4) is 0 Å². The summed E-state index contributed by atoms with van der Waals surface area (Å²) in [4.78, 5) is 14.8. The molecule has 0 aliphatic rings. The van der Waals surface area contributed by atoms with Crippen LogP contribution in [0.5, 0.6) is 17.4 Å². The highest BCUT2D eigenvalue weighted by molar-refractivity contribution is 5.78. The summed E-state index contributed by atoms with van der Waals surface area (Å²) < 4.78 is 10.5. The van der Waals surface area contributed by atoms with E-state index < -0.39 is 0 Å². The van der Waals surface area contributed by atoms with E-state index in [2.05, 4.69) is 4.98 Å². The van der Waals surface area contributed by atoms with Crippen LogP contribution in [0.4, 0.5) is 0 Å². The second kappa shape index (κ2) is 5.12. The number of aromatic nitrogens is 1. The van der Waals surface area contributed by atoms with E-state index in [0.29, 0.717) is 23.5 Å². The number of ether oxygens (including phenoxy) is 2. The van der Waals surface area contributed by atoms with Gasteiger partial charge in [-0.2, -0.15) is 0 Å². The van der Waals surface area contributed by atoms with Crippen LogP contribution in [0, 0.1) is 0 Å². The lowest BCUT2D eigenvalue weighted by Gasteiger charge is -2.06. The van der Waals surface area contributed by atoms with Gasteiger partial charge in [0.1, 0.15) is 11.5 Å². The monoisotopic (exact) mass is 229 g/mol. The van der Waals surface area contributed by atoms with Gasteiger partial charge >= 0.3 is 0 Å². The predicted octanol–water partition coefficient (Wildman–Crippen LogP) is 2.70. The third kappa shape index (κ3) is 2.60. The summed E-state index contributed by atoms with van der Waals surface area (Å²) in [7, 11) is 1.60. The number of pyridine rings is 1. The minimum absolute atomic E-state index is 0.299. The van der Waals surface area contributed by atoms with E-state index in [1.807, 2.05) is 0 Å². The van der Waals surface area contributed by atoms with Gasteiger partial charge in [-0.25, -0.2) is 4.98 Å². The van der Waals surface area contributed by atoms with Crippen LogP contribution in [-0.4, -0.2) is 18.4 Å². The molecule has 4 nitrogen and oxygen atoms in total. The first-order chi connectivity index (χ1) is 8.33. The van der Waals surface area contributed by atoms with Crippen molar-refractivity contribution in [2.45, 2.75) is 0 Å². The van der Waals surface area contributed by atoms with Crippen molar-refractivity contribution in [3.63, 3.8) is 0 Å². The fourth-order valence-electron chi connectivity index (χ4n) is 1.33. The third-order valence-corrected chi connectivity index (χ3v) is 2.20. The molecule has 0 radical (unpaired) electrons. The topological polar surface area (TPSA) is 48.4 Å². The van der Waals surface area contributed by atoms with Gasteiger partial charge in [-0.15, -0.1) is 0 Å². The molecule has 0 bridgehead atoms. The van der Waals surface area contributed by atoms with Gasteiger partial charge in [0, 0.05) is 6.20 Å². The van der Waals surface area contributed by atoms with E-state index in [-0.39, 0.29) is 0 Å². The van der Waals surface area contributed by atoms with Gasteiger partial charge in [-0.05, 0) is 36.4 Å². The number of aldehydes is 1. The summed E-state index contributed by atoms with van der Waals surface area (Å²) >= 11 is 0. The lowest BCUT2D eigenvalue weighted by atomic mass is 10.3. The average molecular weight is 229 g/mol. The van der Waals surface area contributed by atoms with E-state index in [4.69, 9.17) is 9.47 Å². The summed E-state index contributed by atoms with van der Waals surface area (Å²) in [5.74, 6) is 1.65. The summed E-state index contributed by atoms with van der Waals surface area (Å²) in [6, 6.07) is 10.4. The predicted molar refractivity (Wildman–Crippen MR) is 62.7 cm³/mol. The maximum atomic E-state index is 10.8. The molecule has 1 heterocycles. The Morgan fingerprint density at radius 1 is 1.12 bits per heavy atom. The molecule has 0 aliphatic carbocycles. The van der Waals surface area contributed by atoms with Crippen molar-refractivity contribution < 1.29 is 14.3 Å². The molecular formula is C13H11NO3. The number of hydrogen-bond acceptors (Lipinski definition) is 4. The Morgan fingerprint density at radius 2 is 1.82 bits per heavy atom. The zero-order valence-corrected chi connectivity index (χ0v) is 9.29. The van der Waals surface area contributed by atoms with Crippen LogP contribution in [0.15, 0.2) is 42.6 Å². The SMILES string of the molecule is COc1ccc(Oc2ncccc2C=O)cc1. The molecule has 0 unspecified atom stereocenters. The lowest BCUT2D eigenvalue weighted by molar-refractivity contribution is 0.112. The molecule has 0 fully saturated rings. The van der Waals surface area contributed by atoms with Crippen molar-refractivity contribution in [3.8, 4) is 17.4 Å². The molecule has 4 heteroatoms. The van der Waals surface area contributed by atoms with E-state index in [9.17, 15) is 4.79 Å². The first-order valence-corrected chi connectivity index (χ1v) is 5.05. The minimum atomic E-state index is 0.299.